The first-order valence-electron chi connectivity index (χ1n) is 3.86. The minimum Gasteiger partial charge on any atom is -0.346 e. The second-order valence-electron chi connectivity index (χ2n) is 2.70. The Labute approximate surface area is 84.2 Å². The second kappa shape index (κ2) is 3.28. The smallest absolute Gasteiger partial charge is 0.268 e. The monoisotopic (exact) mass is 210 g/mol. The zero-order valence-electron chi connectivity index (χ0n) is 7.04. The first kappa shape index (κ1) is 8.98. The maximum absolute atomic E-state index is 11.2. The van der Waals surface area contributed by atoms with E-state index in [-0.39, 0.29) is 5.56 Å². The predicted octanol–water partition coefficient (Wildman–Crippen LogP) is 0.820. The minimum absolute atomic E-state index is 0.265. The SMILES string of the molecule is NNC(=O)c1cnc2[nH]ccc2c1Cl. The fourth-order valence-corrected chi connectivity index (χ4v) is 1.50. The van der Waals surface area contributed by atoms with Gasteiger partial charge in [0.15, 0.2) is 0 Å². The van der Waals surface area contributed by atoms with Crippen LogP contribution >= 0.6 is 11.6 Å². The highest BCUT2D eigenvalue weighted by molar-refractivity contribution is 6.38. The lowest BCUT2D eigenvalue weighted by atomic mass is 10.2. The number of aromatic nitrogens is 2. The molecule has 4 N–H and O–H groups in total. The van der Waals surface area contributed by atoms with Crippen LogP contribution in [-0.2, 0) is 0 Å². The number of nitrogens with one attached hydrogen (secondary N) is 2. The van der Waals surface area contributed by atoms with Crippen LogP contribution in [0, 0.1) is 0 Å². The molecule has 0 saturated heterocycles. The number of fused-ring (bicyclic) bond motifs is 1. The highest BCUT2D eigenvalue weighted by Gasteiger charge is 2.12. The van der Waals surface area contributed by atoms with Gasteiger partial charge in [0.1, 0.15) is 5.65 Å². The molecule has 2 aromatic rings. The van der Waals surface area contributed by atoms with Crippen molar-refractivity contribution < 1.29 is 4.79 Å². The van der Waals surface area contributed by atoms with Crippen molar-refractivity contribution in [1.82, 2.24) is 15.4 Å². The largest absolute Gasteiger partial charge is 0.346 e. The van der Waals surface area contributed by atoms with E-state index in [4.69, 9.17) is 17.4 Å². The summed E-state index contributed by atoms with van der Waals surface area (Å²) in [5.41, 5.74) is 2.91. The molecule has 14 heavy (non-hydrogen) atoms. The van der Waals surface area contributed by atoms with E-state index >= 15 is 0 Å². The van der Waals surface area contributed by atoms with E-state index in [1.807, 2.05) is 5.43 Å². The molecule has 72 valence electrons. The first-order valence-corrected chi connectivity index (χ1v) is 4.24. The molecule has 1 amide bonds. The van der Waals surface area contributed by atoms with Gasteiger partial charge < -0.3 is 4.98 Å². The molecule has 0 spiro atoms. The fraction of sp³-hybridized carbons (Fsp3) is 0. The van der Waals surface area contributed by atoms with Crippen molar-refractivity contribution in [3.63, 3.8) is 0 Å². The summed E-state index contributed by atoms with van der Waals surface area (Å²) >= 11 is 5.98. The van der Waals surface area contributed by atoms with Gasteiger partial charge in [0.2, 0.25) is 0 Å². The number of hydrogen-bond acceptors (Lipinski definition) is 3. The molecular formula is C8H7ClN4O. The third kappa shape index (κ3) is 1.23. The molecular weight excluding hydrogens is 204 g/mol. The molecule has 0 bridgehead atoms. The van der Waals surface area contributed by atoms with Crippen LogP contribution in [0.3, 0.4) is 0 Å². The lowest BCUT2D eigenvalue weighted by molar-refractivity contribution is 0.0953. The number of nitrogens with zero attached hydrogens (tertiary/aromatic N) is 1. The Morgan fingerprint density at radius 2 is 2.43 bits per heavy atom. The summed E-state index contributed by atoms with van der Waals surface area (Å²) in [6.45, 7) is 0. The van der Waals surface area contributed by atoms with Gasteiger partial charge in [-0.2, -0.15) is 0 Å². The molecule has 2 aromatic heterocycles. The number of carbonyl (C=O) groups excluding carboxylic acids is 1. The van der Waals surface area contributed by atoms with E-state index < -0.39 is 5.91 Å². The van der Waals surface area contributed by atoms with Crippen LogP contribution in [0.4, 0.5) is 0 Å². The van der Waals surface area contributed by atoms with Gasteiger partial charge in [0.05, 0.1) is 10.6 Å². The van der Waals surface area contributed by atoms with E-state index in [1.165, 1.54) is 6.20 Å². The predicted molar refractivity (Wildman–Crippen MR) is 52.8 cm³/mol. The molecule has 2 heterocycles. The number of hydrogen-bond donors (Lipinski definition) is 3. The van der Waals surface area contributed by atoms with Crippen molar-refractivity contribution in [2.24, 2.45) is 5.84 Å². The van der Waals surface area contributed by atoms with Crippen LogP contribution < -0.4 is 11.3 Å². The quantitative estimate of drug-likeness (QED) is 0.370. The Bertz CT molecular complexity index is 493. The topological polar surface area (TPSA) is 83.8 Å². The zero-order chi connectivity index (χ0) is 10.1. The number of amides is 1. The molecule has 2 rings (SSSR count). The van der Waals surface area contributed by atoms with E-state index in [0.717, 1.165) is 0 Å². The summed E-state index contributed by atoms with van der Waals surface area (Å²) in [4.78, 5) is 18.1. The van der Waals surface area contributed by atoms with E-state index in [2.05, 4.69) is 9.97 Å². The Balaban J connectivity index is 2.67. The van der Waals surface area contributed by atoms with Gasteiger partial charge in [-0.25, -0.2) is 10.8 Å². The first-order chi connectivity index (χ1) is 6.74. The van der Waals surface area contributed by atoms with Gasteiger partial charge in [-0.3, -0.25) is 10.2 Å². The zero-order valence-corrected chi connectivity index (χ0v) is 7.80. The number of carbonyl (C=O) groups is 1. The summed E-state index contributed by atoms with van der Waals surface area (Å²) in [7, 11) is 0. The fourth-order valence-electron chi connectivity index (χ4n) is 1.21. The van der Waals surface area contributed by atoms with Gasteiger partial charge in [-0.1, -0.05) is 11.6 Å². The Kier molecular flexibility index (Phi) is 2.11. The lowest BCUT2D eigenvalue weighted by Crippen LogP contribution is -2.30. The number of nitrogens with two attached hydrogens (primary N) is 1. The van der Waals surface area contributed by atoms with Gasteiger partial charge in [0.25, 0.3) is 5.91 Å². The standard InChI is InChI=1S/C8H7ClN4O/c9-6-4-1-2-11-7(4)12-3-5(6)8(14)13-10/h1-3H,10H2,(H,11,12)(H,13,14). The van der Waals surface area contributed by atoms with Crippen LogP contribution in [0.5, 0.6) is 0 Å². The molecule has 0 aliphatic rings. The normalized spacial score (nSPS) is 10.4. The van der Waals surface area contributed by atoms with E-state index in [0.29, 0.717) is 16.1 Å². The number of nitrogen functional groups attached to an aromatic ring is 1. The molecule has 0 aromatic carbocycles. The highest BCUT2D eigenvalue weighted by Crippen LogP contribution is 2.24. The Morgan fingerprint density at radius 3 is 3.14 bits per heavy atom. The van der Waals surface area contributed by atoms with Crippen molar-refractivity contribution in [1.29, 1.82) is 0 Å². The number of H-pyrrole nitrogens is 1. The number of hydrazine groups is 1. The number of halogens is 1. The molecule has 0 atom stereocenters. The Hall–Kier alpha value is -1.59. The van der Waals surface area contributed by atoms with Crippen LogP contribution in [0.2, 0.25) is 5.02 Å². The van der Waals surface area contributed by atoms with Crippen molar-refractivity contribution in [2.75, 3.05) is 0 Å². The summed E-state index contributed by atoms with van der Waals surface area (Å²) < 4.78 is 0. The Morgan fingerprint density at radius 1 is 1.64 bits per heavy atom. The summed E-state index contributed by atoms with van der Waals surface area (Å²) in [6, 6.07) is 1.75. The van der Waals surface area contributed by atoms with Crippen LogP contribution in [0.15, 0.2) is 18.5 Å². The molecule has 0 fully saturated rings. The van der Waals surface area contributed by atoms with Crippen molar-refractivity contribution in [3.8, 4) is 0 Å². The number of rotatable bonds is 1. The van der Waals surface area contributed by atoms with E-state index in [9.17, 15) is 4.79 Å². The summed E-state index contributed by atoms with van der Waals surface area (Å²) in [5.74, 6) is 4.55. The van der Waals surface area contributed by atoms with Gasteiger partial charge in [-0.15, -0.1) is 0 Å². The highest BCUT2D eigenvalue weighted by atomic mass is 35.5. The molecule has 6 heteroatoms. The molecule has 0 aliphatic carbocycles. The lowest BCUT2D eigenvalue weighted by Gasteiger charge is -2.02. The molecule has 0 saturated carbocycles. The second-order valence-corrected chi connectivity index (χ2v) is 3.08. The van der Waals surface area contributed by atoms with Crippen molar-refractivity contribution in [2.45, 2.75) is 0 Å². The molecule has 0 unspecified atom stereocenters. The number of aromatic amines is 1. The maximum Gasteiger partial charge on any atom is 0.268 e. The van der Waals surface area contributed by atoms with Gasteiger partial charge >= 0.3 is 0 Å². The molecule has 0 radical (unpaired) electrons. The molecule has 0 aliphatic heterocycles. The minimum atomic E-state index is -0.453. The van der Waals surface area contributed by atoms with Crippen LogP contribution in [0.25, 0.3) is 11.0 Å². The third-order valence-electron chi connectivity index (χ3n) is 1.90. The van der Waals surface area contributed by atoms with E-state index in [1.54, 1.807) is 12.3 Å². The van der Waals surface area contributed by atoms with Crippen LogP contribution in [0.1, 0.15) is 10.4 Å². The summed E-state index contributed by atoms with van der Waals surface area (Å²) in [6.07, 6.45) is 3.08. The average molecular weight is 211 g/mol. The van der Waals surface area contributed by atoms with Gasteiger partial charge in [0, 0.05) is 17.8 Å². The van der Waals surface area contributed by atoms with Gasteiger partial charge in [-0.05, 0) is 6.07 Å². The van der Waals surface area contributed by atoms with Crippen molar-refractivity contribution in [3.05, 3.63) is 29.0 Å². The average Bonchev–Trinajstić information content (AvgIpc) is 2.66. The van der Waals surface area contributed by atoms with Crippen molar-refractivity contribution >= 4 is 28.5 Å². The third-order valence-corrected chi connectivity index (χ3v) is 2.30. The number of pyridine rings is 1. The molecule has 5 nitrogen and oxygen atoms in total. The maximum atomic E-state index is 11.2. The summed E-state index contributed by atoms with van der Waals surface area (Å²) in [5, 5.41) is 1.05. The van der Waals surface area contributed by atoms with Crippen LogP contribution in [-0.4, -0.2) is 15.9 Å².